The van der Waals surface area contributed by atoms with Crippen LogP contribution in [0.3, 0.4) is 0 Å². The van der Waals surface area contributed by atoms with Gasteiger partial charge in [-0.05, 0) is 0 Å². The molecule has 5 atom stereocenters. The van der Waals surface area contributed by atoms with Gasteiger partial charge in [0.15, 0.2) is 11.1 Å². The summed E-state index contributed by atoms with van der Waals surface area (Å²) < 4.78 is 4.81. The molecule has 0 aromatic rings. The average molecular weight is 290 g/mol. The highest BCUT2D eigenvalue weighted by molar-refractivity contribution is 6.53. The highest BCUT2D eigenvalue weighted by Crippen LogP contribution is 2.20. The molecule has 1 fully saturated rings. The summed E-state index contributed by atoms with van der Waals surface area (Å²) in [6, 6.07) is -1.28. The first kappa shape index (κ1) is 14.9. The van der Waals surface area contributed by atoms with Crippen LogP contribution in [0.2, 0.25) is 0 Å². The van der Waals surface area contributed by atoms with Crippen molar-refractivity contribution in [1.82, 2.24) is 5.32 Å². The molecule has 0 aliphatic carbocycles. The van der Waals surface area contributed by atoms with Crippen LogP contribution in [0.1, 0.15) is 0 Å². The molecule has 100 valence electrons. The van der Waals surface area contributed by atoms with E-state index in [1.54, 1.807) is 0 Å². The third kappa shape index (κ3) is 3.41. The third-order valence-corrected chi connectivity index (χ3v) is 2.80. The largest absolute Gasteiger partial charge is 0.394 e. The Bertz CT molecular complexity index is 279. The van der Waals surface area contributed by atoms with Crippen molar-refractivity contribution < 1.29 is 30.0 Å². The third-order valence-electron chi connectivity index (χ3n) is 2.41. The summed E-state index contributed by atoms with van der Waals surface area (Å²) in [5.41, 5.74) is 0. The fourth-order valence-corrected chi connectivity index (χ4v) is 1.61. The quantitative estimate of drug-likeness (QED) is 0.373. The molecule has 17 heavy (non-hydrogen) atoms. The molecule has 1 amide bonds. The number of hydrogen-bond donors (Lipinski definition) is 5. The van der Waals surface area contributed by atoms with Crippen molar-refractivity contribution >= 4 is 29.1 Å². The Labute approximate surface area is 107 Å². The molecule has 1 aliphatic rings. The Morgan fingerprint density at radius 3 is 2.35 bits per heavy atom. The summed E-state index contributed by atoms with van der Waals surface area (Å²) in [4.78, 5) is 9.80. The van der Waals surface area contributed by atoms with Crippen LogP contribution >= 0.6 is 23.2 Å². The topological polar surface area (TPSA) is 119 Å². The second kappa shape index (κ2) is 6.14. The van der Waals surface area contributed by atoms with Gasteiger partial charge >= 0.3 is 0 Å². The first-order chi connectivity index (χ1) is 7.88. The number of halogens is 2. The van der Waals surface area contributed by atoms with Crippen molar-refractivity contribution in [3.05, 3.63) is 0 Å². The maximum Gasteiger partial charge on any atom is 0.253 e. The number of nitrogens with one attached hydrogen (secondary N) is 1. The van der Waals surface area contributed by atoms with Crippen molar-refractivity contribution in [2.45, 2.75) is 35.5 Å². The Balaban J connectivity index is 2.69. The van der Waals surface area contributed by atoms with E-state index in [1.165, 1.54) is 0 Å². The standard InChI is InChI=1S/C8H13Cl2NO6/c9-6(10)7(15)11-3-5(14)4(13)2(1-12)17-8(3)16/h2-6,8,12-14,16H,1H2,(H,11,15)/t2-,3+,4-,5-,8?/m1/s1. The van der Waals surface area contributed by atoms with E-state index in [1.807, 2.05) is 0 Å². The predicted octanol–water partition coefficient (Wildman–Crippen LogP) is -2.29. The number of carbonyl (C=O) groups excluding carboxylic acids is 1. The van der Waals surface area contributed by atoms with E-state index in [2.05, 4.69) is 5.32 Å². The normalized spacial score (nSPS) is 38.2. The van der Waals surface area contributed by atoms with Gasteiger partial charge in [0.25, 0.3) is 5.91 Å². The van der Waals surface area contributed by atoms with E-state index in [0.29, 0.717) is 0 Å². The Kier molecular flexibility index (Phi) is 5.39. The molecule has 1 rings (SSSR count). The molecule has 0 spiro atoms. The number of carbonyl (C=O) groups is 1. The van der Waals surface area contributed by atoms with Crippen LogP contribution in [0, 0.1) is 0 Å². The predicted molar refractivity (Wildman–Crippen MR) is 57.4 cm³/mol. The molecule has 7 nitrogen and oxygen atoms in total. The van der Waals surface area contributed by atoms with Crippen LogP contribution in [-0.4, -0.2) is 68.4 Å². The van der Waals surface area contributed by atoms with Crippen LogP contribution in [0.15, 0.2) is 0 Å². The summed E-state index contributed by atoms with van der Waals surface area (Å²) in [7, 11) is 0. The number of rotatable bonds is 3. The smallest absolute Gasteiger partial charge is 0.253 e. The van der Waals surface area contributed by atoms with Gasteiger partial charge in [0.05, 0.1) is 6.61 Å². The molecular weight excluding hydrogens is 277 g/mol. The number of aliphatic hydroxyl groups excluding tert-OH is 4. The Morgan fingerprint density at radius 2 is 1.88 bits per heavy atom. The first-order valence-corrected chi connectivity index (χ1v) is 5.64. The summed E-state index contributed by atoms with van der Waals surface area (Å²) in [5, 5.41) is 39.6. The number of hydrogen-bond acceptors (Lipinski definition) is 6. The van der Waals surface area contributed by atoms with Gasteiger partial charge in [0.2, 0.25) is 0 Å². The minimum absolute atomic E-state index is 0.580. The average Bonchev–Trinajstić information content (AvgIpc) is 2.28. The van der Waals surface area contributed by atoms with Gasteiger partial charge in [0.1, 0.15) is 24.4 Å². The number of alkyl halides is 2. The second-order valence-electron chi connectivity index (χ2n) is 3.56. The molecule has 1 unspecified atom stereocenters. The minimum atomic E-state index is -1.58. The Morgan fingerprint density at radius 1 is 1.29 bits per heavy atom. The van der Waals surface area contributed by atoms with E-state index < -0.39 is 48.0 Å². The fourth-order valence-electron chi connectivity index (χ4n) is 1.48. The molecule has 0 radical (unpaired) electrons. The van der Waals surface area contributed by atoms with Crippen LogP contribution in [0.25, 0.3) is 0 Å². The molecule has 9 heteroatoms. The molecule has 1 saturated heterocycles. The second-order valence-corrected chi connectivity index (χ2v) is 4.66. The van der Waals surface area contributed by atoms with E-state index in [9.17, 15) is 20.1 Å². The van der Waals surface area contributed by atoms with Crippen molar-refractivity contribution in [2.75, 3.05) is 6.61 Å². The summed E-state index contributed by atoms with van der Waals surface area (Å²) in [6.45, 7) is -0.580. The number of aliphatic hydroxyl groups is 4. The molecule has 0 aromatic heterocycles. The number of ether oxygens (including phenoxy) is 1. The van der Waals surface area contributed by atoms with Crippen molar-refractivity contribution in [2.24, 2.45) is 0 Å². The lowest BCUT2D eigenvalue weighted by atomic mass is 9.97. The summed E-state index contributed by atoms with van der Waals surface area (Å²) in [5.74, 6) is -0.838. The van der Waals surface area contributed by atoms with Crippen LogP contribution in [0.5, 0.6) is 0 Å². The van der Waals surface area contributed by atoms with Gasteiger partial charge in [-0.2, -0.15) is 0 Å². The van der Waals surface area contributed by atoms with Crippen LogP contribution < -0.4 is 5.32 Å². The number of amides is 1. The molecule has 5 N–H and O–H groups in total. The zero-order valence-electron chi connectivity index (χ0n) is 8.53. The molecule has 0 bridgehead atoms. The van der Waals surface area contributed by atoms with Gasteiger partial charge < -0.3 is 30.5 Å². The van der Waals surface area contributed by atoms with Crippen LogP contribution in [0.4, 0.5) is 0 Å². The van der Waals surface area contributed by atoms with Gasteiger partial charge in [-0.25, -0.2) is 0 Å². The lowest BCUT2D eigenvalue weighted by molar-refractivity contribution is -0.253. The van der Waals surface area contributed by atoms with Gasteiger partial charge in [-0.3, -0.25) is 4.79 Å². The lowest BCUT2D eigenvalue weighted by Gasteiger charge is -2.40. The maximum absolute atomic E-state index is 11.2. The zero-order chi connectivity index (χ0) is 13.2. The van der Waals surface area contributed by atoms with E-state index in [-0.39, 0.29) is 0 Å². The lowest BCUT2D eigenvalue weighted by Crippen LogP contribution is -2.64. The fraction of sp³-hybridized carbons (Fsp3) is 0.875. The van der Waals surface area contributed by atoms with E-state index in [0.717, 1.165) is 0 Å². The Hall–Kier alpha value is -0.150. The molecule has 1 heterocycles. The molecule has 0 aromatic carbocycles. The summed E-state index contributed by atoms with van der Waals surface area (Å²) in [6.07, 6.45) is -5.66. The van der Waals surface area contributed by atoms with Crippen LogP contribution in [-0.2, 0) is 9.53 Å². The van der Waals surface area contributed by atoms with Gasteiger partial charge in [0, 0.05) is 0 Å². The highest BCUT2D eigenvalue weighted by Gasteiger charge is 2.44. The SMILES string of the molecule is O=C(N[C@@H]1C(O)O[C@H](CO)[C@@H](O)[C@@H]1O)C(Cl)Cl. The zero-order valence-corrected chi connectivity index (χ0v) is 10.0. The minimum Gasteiger partial charge on any atom is -0.394 e. The monoisotopic (exact) mass is 289 g/mol. The van der Waals surface area contributed by atoms with E-state index in [4.69, 9.17) is 33.0 Å². The first-order valence-electron chi connectivity index (χ1n) is 4.77. The molecule has 0 saturated carbocycles. The maximum atomic E-state index is 11.2. The molecular formula is C8H13Cl2NO6. The summed E-state index contributed by atoms with van der Waals surface area (Å²) >= 11 is 10.6. The van der Waals surface area contributed by atoms with Crippen molar-refractivity contribution in [1.29, 1.82) is 0 Å². The highest BCUT2D eigenvalue weighted by atomic mass is 35.5. The van der Waals surface area contributed by atoms with Crippen molar-refractivity contribution in [3.8, 4) is 0 Å². The van der Waals surface area contributed by atoms with E-state index >= 15 is 0 Å². The van der Waals surface area contributed by atoms with Crippen molar-refractivity contribution in [3.63, 3.8) is 0 Å². The molecule has 1 aliphatic heterocycles. The van der Waals surface area contributed by atoms with Gasteiger partial charge in [-0.1, -0.05) is 23.2 Å². The van der Waals surface area contributed by atoms with Gasteiger partial charge in [-0.15, -0.1) is 0 Å².